The summed E-state index contributed by atoms with van der Waals surface area (Å²) in [5, 5.41) is 2.03. The lowest BCUT2D eigenvalue weighted by molar-refractivity contribution is -0.140. The van der Waals surface area contributed by atoms with Crippen LogP contribution < -0.4 is 4.90 Å². The highest BCUT2D eigenvalue weighted by Gasteiger charge is 2.41. The molecule has 0 unspecified atom stereocenters. The molecular weight excluding hydrogens is 346 g/mol. The van der Waals surface area contributed by atoms with Crippen molar-refractivity contribution >= 4 is 34.1 Å². The van der Waals surface area contributed by atoms with Gasteiger partial charge in [0.2, 0.25) is 5.91 Å². The van der Waals surface area contributed by atoms with E-state index in [1.54, 1.807) is 11.3 Å². The number of amides is 1. The molecule has 2 atom stereocenters. The van der Waals surface area contributed by atoms with Crippen molar-refractivity contribution in [3.8, 4) is 0 Å². The number of aromatic nitrogens is 3. The van der Waals surface area contributed by atoms with Gasteiger partial charge in [-0.3, -0.25) is 9.78 Å². The van der Waals surface area contributed by atoms with Crippen molar-refractivity contribution in [1.29, 1.82) is 0 Å². The Morgan fingerprint density at radius 2 is 2.00 bits per heavy atom. The number of fused-ring (bicyclic) bond motifs is 5. The number of benzene rings is 1. The van der Waals surface area contributed by atoms with E-state index in [0.29, 0.717) is 6.54 Å². The second kappa shape index (κ2) is 6.32. The number of carbonyl (C=O) groups excluding carboxylic acids is 1. The van der Waals surface area contributed by atoms with Gasteiger partial charge in [0.1, 0.15) is 5.82 Å². The maximum Gasteiger partial charge on any atom is 0.228 e. The highest BCUT2D eigenvalue weighted by molar-refractivity contribution is 7.07. The first kappa shape index (κ1) is 15.7. The molecule has 5 heterocycles. The lowest BCUT2D eigenvalue weighted by Crippen LogP contribution is -2.47. The molecule has 0 aliphatic carbocycles. The molecule has 132 valence electrons. The molecule has 0 radical (unpaired) electrons. The molecule has 6 nitrogen and oxygen atoms in total. The van der Waals surface area contributed by atoms with Crippen molar-refractivity contribution in [1.82, 2.24) is 19.9 Å². The third-order valence-electron chi connectivity index (χ3n) is 5.37. The van der Waals surface area contributed by atoms with Gasteiger partial charge in [-0.05, 0) is 25.0 Å². The number of piperidine rings is 1. The standard InChI is InChI=1S/C19H19N5OS/c25-19-13-5-6-15(24(19)9-14-11-26-12-21-14)10-23(8-13)18-7-20-16-3-1-2-4-17(16)22-18/h1-4,7,11-13,15H,5-6,8-10H2/t13-,15+/m0/s1. The number of rotatable bonds is 3. The molecule has 1 amide bonds. The van der Waals surface area contributed by atoms with E-state index in [1.165, 1.54) is 0 Å². The van der Waals surface area contributed by atoms with E-state index < -0.39 is 0 Å². The fourth-order valence-corrected chi connectivity index (χ4v) is 4.58. The van der Waals surface area contributed by atoms with E-state index in [-0.39, 0.29) is 17.9 Å². The van der Waals surface area contributed by atoms with Gasteiger partial charge in [0, 0.05) is 24.5 Å². The summed E-state index contributed by atoms with van der Waals surface area (Å²) < 4.78 is 0. The lowest BCUT2D eigenvalue weighted by atomic mass is 9.94. The molecule has 3 fully saturated rings. The van der Waals surface area contributed by atoms with Crippen LogP contribution in [0.2, 0.25) is 0 Å². The first-order chi connectivity index (χ1) is 12.8. The Bertz CT molecular complexity index is 944. The molecule has 2 bridgehead atoms. The van der Waals surface area contributed by atoms with Crippen LogP contribution >= 0.6 is 11.3 Å². The topological polar surface area (TPSA) is 62.2 Å². The van der Waals surface area contributed by atoms with Crippen molar-refractivity contribution in [3.05, 3.63) is 47.0 Å². The lowest BCUT2D eigenvalue weighted by Gasteiger charge is -2.35. The van der Waals surface area contributed by atoms with Crippen LogP contribution in [-0.4, -0.2) is 44.9 Å². The summed E-state index contributed by atoms with van der Waals surface area (Å²) >= 11 is 1.58. The Kier molecular flexibility index (Phi) is 3.81. The van der Waals surface area contributed by atoms with Gasteiger partial charge in [-0.15, -0.1) is 11.3 Å². The van der Waals surface area contributed by atoms with Crippen molar-refractivity contribution in [2.24, 2.45) is 5.92 Å². The van der Waals surface area contributed by atoms with Crippen LogP contribution in [0.15, 0.2) is 41.4 Å². The van der Waals surface area contributed by atoms with Crippen molar-refractivity contribution in [2.75, 3.05) is 18.0 Å². The highest BCUT2D eigenvalue weighted by atomic mass is 32.1. The van der Waals surface area contributed by atoms with Gasteiger partial charge >= 0.3 is 0 Å². The maximum absolute atomic E-state index is 13.0. The van der Waals surface area contributed by atoms with Gasteiger partial charge in [0.25, 0.3) is 0 Å². The van der Waals surface area contributed by atoms with Gasteiger partial charge < -0.3 is 9.80 Å². The number of thiazole rings is 1. The van der Waals surface area contributed by atoms with Crippen LogP contribution in [0.5, 0.6) is 0 Å². The quantitative estimate of drug-likeness (QED) is 0.714. The first-order valence-corrected chi connectivity index (χ1v) is 9.86. The summed E-state index contributed by atoms with van der Waals surface area (Å²) in [7, 11) is 0. The zero-order valence-corrected chi connectivity index (χ0v) is 15.1. The SMILES string of the molecule is O=C1[C@H]2CC[C@H](CN(c3cnc4ccccc4n3)C2)N1Cc1cscn1. The summed E-state index contributed by atoms with van der Waals surface area (Å²) in [6.07, 6.45) is 3.83. The second-order valence-corrected chi connectivity index (χ2v) is 7.71. The van der Waals surface area contributed by atoms with Crippen LogP contribution in [0.25, 0.3) is 11.0 Å². The van der Waals surface area contributed by atoms with Crippen molar-refractivity contribution < 1.29 is 4.79 Å². The molecule has 3 aliphatic rings. The number of hydrogen-bond acceptors (Lipinski definition) is 6. The van der Waals surface area contributed by atoms with E-state index in [0.717, 1.165) is 48.5 Å². The molecule has 3 aliphatic heterocycles. The van der Waals surface area contributed by atoms with E-state index in [2.05, 4.69) is 14.9 Å². The molecule has 3 saturated heterocycles. The van der Waals surface area contributed by atoms with Crippen molar-refractivity contribution in [2.45, 2.75) is 25.4 Å². The summed E-state index contributed by atoms with van der Waals surface area (Å²) in [6.45, 7) is 2.13. The van der Waals surface area contributed by atoms with Crippen LogP contribution in [0.3, 0.4) is 0 Å². The third kappa shape index (κ3) is 2.72. The summed E-state index contributed by atoms with van der Waals surface area (Å²) in [5.74, 6) is 1.15. The Hall–Kier alpha value is -2.54. The molecule has 6 rings (SSSR count). The number of para-hydroxylation sites is 2. The zero-order chi connectivity index (χ0) is 17.5. The molecule has 0 N–H and O–H groups in total. The van der Waals surface area contributed by atoms with Gasteiger partial charge in [-0.1, -0.05) is 12.1 Å². The molecule has 7 heteroatoms. The monoisotopic (exact) mass is 365 g/mol. The van der Waals surface area contributed by atoms with Crippen molar-refractivity contribution in [3.63, 3.8) is 0 Å². The average Bonchev–Trinajstić information content (AvgIpc) is 3.04. The fourth-order valence-electron chi connectivity index (χ4n) is 4.03. The third-order valence-corrected chi connectivity index (χ3v) is 6.00. The number of anilines is 1. The maximum atomic E-state index is 13.0. The molecule has 1 aromatic carbocycles. The van der Waals surface area contributed by atoms with E-state index in [1.807, 2.05) is 46.3 Å². The van der Waals surface area contributed by atoms with E-state index >= 15 is 0 Å². The number of hydrogen-bond donors (Lipinski definition) is 0. The zero-order valence-electron chi connectivity index (χ0n) is 14.3. The van der Waals surface area contributed by atoms with Crippen LogP contribution in [0.4, 0.5) is 5.82 Å². The predicted octanol–water partition coefficient (Wildman–Crippen LogP) is 2.71. The highest BCUT2D eigenvalue weighted by Crippen LogP contribution is 2.32. The molecular formula is C19H19N5OS. The van der Waals surface area contributed by atoms with Gasteiger partial charge in [0.05, 0.1) is 40.9 Å². The predicted molar refractivity (Wildman–Crippen MR) is 101 cm³/mol. The van der Waals surface area contributed by atoms with Crippen LogP contribution in [0.1, 0.15) is 18.5 Å². The minimum Gasteiger partial charge on any atom is -0.352 e. The molecule has 26 heavy (non-hydrogen) atoms. The fraction of sp³-hybridized carbons (Fsp3) is 0.368. The minimum atomic E-state index is 0.0284. The smallest absolute Gasteiger partial charge is 0.228 e. The normalized spacial score (nSPS) is 22.8. The average molecular weight is 365 g/mol. The van der Waals surface area contributed by atoms with Gasteiger partial charge in [0.15, 0.2) is 0 Å². The molecule has 3 aromatic rings. The number of nitrogens with zero attached hydrogens (tertiary/aromatic N) is 5. The summed E-state index contributed by atoms with van der Waals surface area (Å²) in [5.41, 5.74) is 4.60. The van der Waals surface area contributed by atoms with E-state index in [9.17, 15) is 4.79 Å². The Balaban J connectivity index is 1.44. The van der Waals surface area contributed by atoms with Crippen LogP contribution in [0, 0.1) is 5.92 Å². The summed E-state index contributed by atoms with van der Waals surface area (Å²) in [4.78, 5) is 30.9. The molecule has 2 aromatic heterocycles. The Morgan fingerprint density at radius 1 is 1.12 bits per heavy atom. The largest absolute Gasteiger partial charge is 0.352 e. The Labute approximate surface area is 155 Å². The summed E-state index contributed by atoms with van der Waals surface area (Å²) in [6, 6.07) is 8.11. The van der Waals surface area contributed by atoms with Crippen LogP contribution in [-0.2, 0) is 11.3 Å². The van der Waals surface area contributed by atoms with Gasteiger partial charge in [-0.25, -0.2) is 9.97 Å². The molecule has 0 spiro atoms. The Morgan fingerprint density at radius 3 is 2.85 bits per heavy atom. The van der Waals surface area contributed by atoms with E-state index in [4.69, 9.17) is 4.98 Å². The molecule has 0 saturated carbocycles. The van der Waals surface area contributed by atoms with Gasteiger partial charge in [-0.2, -0.15) is 0 Å². The second-order valence-electron chi connectivity index (χ2n) is 7.00. The number of carbonyl (C=O) groups is 1. The minimum absolute atomic E-state index is 0.0284. The first-order valence-electron chi connectivity index (χ1n) is 8.92.